The number of benzene rings is 3. The second-order valence-corrected chi connectivity index (χ2v) is 34.1. The fourth-order valence-electron chi connectivity index (χ4n) is 13.7. The van der Waals surface area contributed by atoms with Gasteiger partial charge < -0.3 is 82.0 Å². The monoisotopic (exact) mass is 1580 g/mol. The van der Waals surface area contributed by atoms with Gasteiger partial charge in [-0.1, -0.05) is 93.4 Å². The minimum absolute atomic E-state index is 0.978. The second-order valence-electron chi connectivity index (χ2n) is 34.1. The predicted octanol–water partition coefficient (Wildman–Crippen LogP) is 13.4. The van der Waals surface area contributed by atoms with Crippen LogP contribution in [0.3, 0.4) is 0 Å². The zero-order chi connectivity index (χ0) is 83.1. The lowest BCUT2D eigenvalue weighted by Crippen LogP contribution is -2.42. The van der Waals surface area contributed by atoms with E-state index < -0.39 is 0 Å². The van der Waals surface area contributed by atoms with Gasteiger partial charge in [-0.2, -0.15) is 0 Å². The Kier molecular flexibility index (Phi) is 53.7. The predicted molar refractivity (Wildman–Crippen MR) is 495 cm³/mol. The van der Waals surface area contributed by atoms with Crippen LogP contribution in [0.25, 0.3) is 21.9 Å². The number of likely N-dealkylation sites (N-methyl/N-ethyl adjacent to an activating group) is 8. The smallest absolute Gasteiger partial charge is 0.0955 e. The summed E-state index contributed by atoms with van der Waals surface area (Å²) in [5.74, 6) is 1.96. The van der Waals surface area contributed by atoms with Crippen molar-refractivity contribution in [3.05, 3.63) is 165 Å². The number of aryl methyl sites for hydroxylation is 4. The molecule has 4 aromatic heterocycles. The molecule has 644 valence electrons. The summed E-state index contributed by atoms with van der Waals surface area (Å²) in [5.41, 5.74) is 6.43. The van der Waals surface area contributed by atoms with Crippen LogP contribution in [-0.4, -0.2) is 361 Å². The van der Waals surface area contributed by atoms with Crippen molar-refractivity contribution in [1.82, 2.24) is 91.9 Å². The average molecular weight is 1580 g/mol. The number of hydrogen-bond acceptors (Lipinski definition) is 16. The van der Waals surface area contributed by atoms with Crippen LogP contribution in [0.1, 0.15) is 103 Å². The Bertz CT molecular complexity index is 3080. The Labute approximate surface area is 698 Å². The maximum atomic E-state index is 4.18. The van der Waals surface area contributed by atoms with Crippen LogP contribution in [0.15, 0.2) is 159 Å². The summed E-state index contributed by atoms with van der Waals surface area (Å²) in [5, 5.41) is 1.31. The van der Waals surface area contributed by atoms with E-state index in [4.69, 9.17) is 0 Å². The van der Waals surface area contributed by atoms with Crippen molar-refractivity contribution < 1.29 is 0 Å². The van der Waals surface area contributed by atoms with Crippen molar-refractivity contribution in [3.8, 4) is 0 Å². The molecule has 0 N–H and O–H groups in total. The van der Waals surface area contributed by atoms with Crippen LogP contribution in [0.5, 0.6) is 0 Å². The molecule has 8 fully saturated rings. The number of fused-ring (bicyclic) bond motifs is 3. The molecule has 18 rings (SSSR count). The van der Waals surface area contributed by atoms with E-state index in [1.54, 1.807) is 12.5 Å². The molecule has 15 heterocycles. The third-order valence-electron chi connectivity index (χ3n) is 22.6. The molecular formula is C94H168N20. The minimum atomic E-state index is 0.978. The summed E-state index contributed by atoms with van der Waals surface area (Å²) in [4.78, 5) is 40.8. The van der Waals surface area contributed by atoms with Crippen LogP contribution in [-0.2, 0) is 34.6 Å². The summed E-state index contributed by atoms with van der Waals surface area (Å²) < 4.78 is 8.02. The maximum Gasteiger partial charge on any atom is 0.0955 e. The number of piperidine rings is 4. The van der Waals surface area contributed by atoms with Gasteiger partial charge in [0.15, 0.2) is 0 Å². The van der Waals surface area contributed by atoms with E-state index in [1.807, 2.05) is 90.1 Å². The van der Waals surface area contributed by atoms with E-state index >= 15 is 0 Å². The summed E-state index contributed by atoms with van der Waals surface area (Å²) in [6, 6.07) is 31.2. The SMILES string of the molecule is CC1CCN(C)CC1.CC1CCN(C)CC1.CN1C=CCC1.CN1CC=CC1.CN1CCCC1.CN1CCCCC1.CN1CCCCC1.CN1CCN(C)CC1.CN1CCN(C)CC1.CN1CCN(C)CC1.CN1CCc2ccccc21.Cn1ccc2ccccc21.Cn1cccc1.Cn1ccnc1.Cn1cnc2ccccc21. The molecule has 0 unspecified atom stereocenters. The Balaban J connectivity index is 0.000000258. The van der Waals surface area contributed by atoms with Gasteiger partial charge in [0.05, 0.1) is 23.7 Å². The highest BCUT2D eigenvalue weighted by molar-refractivity contribution is 5.79. The standard InChI is InChI=1S/C9H11N.C9H9N.C8H8N2.2C7H15N.3C6H14N2.2C6H13N.C5H11N.2C5H9N.C5H7N.C4H6N2/c2*1-10-7-6-8-4-2-3-5-9(8)10;1-10-6-9-7-4-2-3-5-8(7)10;5*1-7-3-5-8(2)6-4-7;2*1-7-5-3-2-4-6-7;4*1-6-4-2-3-5-6;1-6-3-2-5-4-6/h2-5H,6-7H2,1H3;2-7H,1H3;2-6H,1H3;2*7H,3-6H2,1-2H3;3*3-6H2,1-2H3;2*2-6H2,1H3;2-5H2,1H3;2,4H,3,5H2,1H3;2-3H,4-5H2,1H3;2-5H,1H3;2-4H,1H3. The maximum absolute atomic E-state index is 4.18. The summed E-state index contributed by atoms with van der Waals surface area (Å²) in [6.45, 7) is 37.3. The number of hydrogen-bond donors (Lipinski definition) is 0. The summed E-state index contributed by atoms with van der Waals surface area (Å²) >= 11 is 0. The highest BCUT2D eigenvalue weighted by Gasteiger charge is 2.16. The van der Waals surface area contributed by atoms with Gasteiger partial charge in [-0.3, -0.25) is 4.90 Å². The van der Waals surface area contributed by atoms with Crippen molar-refractivity contribution in [3.63, 3.8) is 0 Å². The Morgan fingerprint density at radius 3 is 1.00 bits per heavy atom. The molecular weight excluding hydrogens is 1410 g/mol. The molecule has 3 aromatic carbocycles. The number of nitrogens with zero attached hydrogens (tertiary/aromatic N) is 20. The number of anilines is 1. The summed E-state index contributed by atoms with van der Waals surface area (Å²) in [7, 11) is 38.3. The van der Waals surface area contributed by atoms with E-state index in [0.29, 0.717) is 0 Å². The summed E-state index contributed by atoms with van der Waals surface area (Å²) in [6.07, 6.45) is 41.4. The van der Waals surface area contributed by atoms with E-state index in [2.05, 4.69) is 294 Å². The molecule has 0 atom stereocenters. The second kappa shape index (κ2) is 61.1. The molecule has 0 saturated carbocycles. The van der Waals surface area contributed by atoms with Crippen LogP contribution >= 0.6 is 0 Å². The number of imidazole rings is 2. The zero-order valence-corrected chi connectivity index (χ0v) is 76.4. The number of rotatable bonds is 0. The van der Waals surface area contributed by atoms with Gasteiger partial charge >= 0.3 is 0 Å². The highest BCUT2D eigenvalue weighted by Crippen LogP contribution is 2.25. The van der Waals surface area contributed by atoms with Crippen LogP contribution in [0, 0.1) is 11.8 Å². The van der Waals surface area contributed by atoms with Crippen molar-refractivity contribution in [1.29, 1.82) is 0 Å². The lowest BCUT2D eigenvalue weighted by Gasteiger charge is -2.28. The lowest BCUT2D eigenvalue weighted by atomic mass is 10.00. The minimum Gasteiger partial charge on any atom is -0.380 e. The Morgan fingerprint density at radius 2 is 0.702 bits per heavy atom. The molecule has 0 spiro atoms. The fraction of sp³-hybridized carbons (Fsp3) is 0.660. The zero-order valence-electron chi connectivity index (χ0n) is 76.4. The molecule has 0 bridgehead atoms. The van der Waals surface area contributed by atoms with Crippen molar-refractivity contribution >= 4 is 27.6 Å². The van der Waals surface area contributed by atoms with E-state index in [1.165, 1.54) is 275 Å². The molecule has 20 nitrogen and oxygen atoms in total. The first kappa shape index (κ1) is 100. The number of aromatic nitrogens is 6. The molecule has 0 aliphatic carbocycles. The first-order chi connectivity index (χ1) is 54.8. The van der Waals surface area contributed by atoms with Gasteiger partial charge in [-0.15, -0.1) is 0 Å². The molecule has 11 aliphatic heterocycles. The Hall–Kier alpha value is -6.24. The first-order valence-electron chi connectivity index (χ1n) is 43.7. The fourth-order valence-corrected chi connectivity index (χ4v) is 13.7. The highest BCUT2D eigenvalue weighted by atomic mass is 15.2. The molecule has 11 aliphatic rings. The van der Waals surface area contributed by atoms with Gasteiger partial charge in [0.2, 0.25) is 0 Å². The average Bonchev–Trinajstić information content (AvgIpc) is 1.72. The van der Waals surface area contributed by atoms with E-state index in [9.17, 15) is 0 Å². The van der Waals surface area contributed by atoms with Crippen LogP contribution in [0.4, 0.5) is 5.69 Å². The quantitative estimate of drug-likeness (QED) is 0.135. The first-order valence-corrected chi connectivity index (χ1v) is 43.7. The van der Waals surface area contributed by atoms with Crippen LogP contribution < -0.4 is 4.90 Å². The molecule has 114 heavy (non-hydrogen) atoms. The molecule has 0 amide bonds. The largest absolute Gasteiger partial charge is 0.380 e. The third kappa shape index (κ3) is 48.5. The molecule has 8 saturated heterocycles. The van der Waals surface area contributed by atoms with Gasteiger partial charge in [0, 0.05) is 189 Å². The van der Waals surface area contributed by atoms with E-state index in [-0.39, 0.29) is 0 Å². The number of likely N-dealkylation sites (tertiary alicyclic amines) is 5. The van der Waals surface area contributed by atoms with Crippen molar-refractivity contribution in [2.45, 2.75) is 104 Å². The van der Waals surface area contributed by atoms with Crippen molar-refractivity contribution in [2.24, 2.45) is 40.0 Å². The third-order valence-corrected chi connectivity index (χ3v) is 22.6. The lowest BCUT2D eigenvalue weighted by molar-refractivity contribution is 0.181. The van der Waals surface area contributed by atoms with Gasteiger partial charge in [0.1, 0.15) is 0 Å². The van der Waals surface area contributed by atoms with Crippen molar-refractivity contribution in [2.75, 3.05) is 274 Å². The number of para-hydroxylation sites is 4. The molecule has 20 heteroatoms. The molecule has 7 aromatic rings. The topological polar surface area (TPSA) is 90.9 Å². The molecule has 0 radical (unpaired) electrons. The van der Waals surface area contributed by atoms with Gasteiger partial charge in [0.25, 0.3) is 0 Å². The number of piperazine rings is 3. The van der Waals surface area contributed by atoms with Gasteiger partial charge in [-0.05, 0) is 299 Å². The van der Waals surface area contributed by atoms with Crippen LogP contribution in [0.2, 0.25) is 0 Å². The van der Waals surface area contributed by atoms with E-state index in [0.717, 1.165) is 30.4 Å². The Morgan fingerprint density at radius 1 is 0.307 bits per heavy atom. The van der Waals surface area contributed by atoms with Gasteiger partial charge in [-0.25, -0.2) is 9.97 Å². The normalized spacial score (nSPS) is 20.0.